The Balaban J connectivity index is 1.13. The Hall–Kier alpha value is -4.03. The molecule has 2 aliphatic heterocycles. The van der Waals surface area contributed by atoms with Crippen LogP contribution in [-0.4, -0.2) is 93.3 Å². The predicted molar refractivity (Wildman–Crippen MR) is 208 cm³/mol. The molecule has 2 atom stereocenters. The fourth-order valence-corrected chi connectivity index (χ4v) is 7.40. The first-order valence-electron chi connectivity index (χ1n) is 19.4. The number of carbonyl (C=O) groups excluding carboxylic acids is 2. The van der Waals surface area contributed by atoms with Crippen LogP contribution in [0.3, 0.4) is 0 Å². The Bertz CT molecular complexity index is 1530. The molecule has 2 fully saturated rings. The highest BCUT2D eigenvalue weighted by molar-refractivity contribution is 5.70. The van der Waals surface area contributed by atoms with Gasteiger partial charge in [0.15, 0.2) is 0 Å². The van der Waals surface area contributed by atoms with Crippen molar-refractivity contribution in [2.24, 2.45) is 10.8 Å². The van der Waals surface area contributed by atoms with Crippen LogP contribution in [0.25, 0.3) is 0 Å². The van der Waals surface area contributed by atoms with Crippen molar-refractivity contribution in [2.45, 2.75) is 119 Å². The van der Waals surface area contributed by atoms with E-state index in [0.717, 1.165) is 99.4 Å². The maximum absolute atomic E-state index is 12.4. The van der Waals surface area contributed by atoms with Crippen LogP contribution >= 0.6 is 0 Å². The van der Waals surface area contributed by atoms with Gasteiger partial charge in [0.25, 0.3) is 0 Å². The quantitative estimate of drug-likeness (QED) is 0.166. The van der Waals surface area contributed by atoms with Crippen molar-refractivity contribution in [1.29, 1.82) is 0 Å². The van der Waals surface area contributed by atoms with E-state index < -0.39 is 0 Å². The fraction of sp³-hybridized carbons (Fsp3) is 0.634. The third-order valence-electron chi connectivity index (χ3n) is 10.1. The number of aromatic nitrogens is 4. The normalized spacial score (nSPS) is 18.0. The second kappa shape index (κ2) is 17.9. The largest absolute Gasteiger partial charge is 0.461 e. The van der Waals surface area contributed by atoms with Gasteiger partial charge in [-0.15, -0.1) is 0 Å². The van der Waals surface area contributed by atoms with Gasteiger partial charge in [-0.05, 0) is 55.0 Å². The number of anilines is 2. The van der Waals surface area contributed by atoms with Crippen molar-refractivity contribution in [3.8, 4) is 0 Å². The molecule has 53 heavy (non-hydrogen) atoms. The van der Waals surface area contributed by atoms with E-state index in [4.69, 9.17) is 24.5 Å². The zero-order valence-electron chi connectivity index (χ0n) is 33.4. The van der Waals surface area contributed by atoms with E-state index in [9.17, 15) is 9.59 Å². The van der Waals surface area contributed by atoms with Gasteiger partial charge in [-0.3, -0.25) is 24.5 Å². The van der Waals surface area contributed by atoms with E-state index in [1.807, 2.05) is 78.2 Å². The molecule has 1 N–H and O–H groups in total. The lowest BCUT2D eigenvalue weighted by molar-refractivity contribution is -0.148. The summed E-state index contributed by atoms with van der Waals surface area (Å²) >= 11 is 0. The molecule has 0 saturated carbocycles. The van der Waals surface area contributed by atoms with Gasteiger partial charge >= 0.3 is 11.9 Å². The van der Waals surface area contributed by atoms with E-state index in [2.05, 4.69) is 44.6 Å². The molecule has 0 spiro atoms. The maximum atomic E-state index is 12.4. The highest BCUT2D eigenvalue weighted by atomic mass is 16.5. The molecule has 0 radical (unpaired) electrons. The summed E-state index contributed by atoms with van der Waals surface area (Å²) in [5, 5.41) is 8.08. The molecule has 12 heteroatoms. The van der Waals surface area contributed by atoms with Crippen molar-refractivity contribution in [3.05, 3.63) is 65.2 Å². The van der Waals surface area contributed by atoms with Gasteiger partial charge in [0.1, 0.15) is 24.8 Å². The van der Waals surface area contributed by atoms with Crippen molar-refractivity contribution in [1.82, 2.24) is 30.0 Å². The molecule has 0 aliphatic carbocycles. The summed E-state index contributed by atoms with van der Waals surface area (Å²) in [5.74, 6) is 1.45. The number of H-pyrrole nitrogens is 1. The van der Waals surface area contributed by atoms with Gasteiger partial charge in [0.2, 0.25) is 0 Å². The number of nitrogens with one attached hydrogen (secondary N) is 1. The molecule has 2 saturated heterocycles. The van der Waals surface area contributed by atoms with Crippen LogP contribution in [0.4, 0.5) is 11.6 Å². The third kappa shape index (κ3) is 11.7. The molecule has 3 aromatic heterocycles. The average Bonchev–Trinajstić information content (AvgIpc) is 3.88. The van der Waals surface area contributed by atoms with Crippen LogP contribution in [0.2, 0.25) is 0 Å². The van der Waals surface area contributed by atoms with Crippen molar-refractivity contribution in [3.63, 3.8) is 0 Å². The molecular weight excluding hydrogens is 669 g/mol. The van der Waals surface area contributed by atoms with Crippen molar-refractivity contribution < 1.29 is 19.1 Å². The summed E-state index contributed by atoms with van der Waals surface area (Å²) in [7, 11) is 0. The number of rotatable bonds is 16. The van der Waals surface area contributed by atoms with Crippen molar-refractivity contribution in [2.75, 3.05) is 49.1 Å². The van der Waals surface area contributed by atoms with E-state index in [1.165, 1.54) is 0 Å². The van der Waals surface area contributed by atoms with E-state index >= 15 is 0 Å². The maximum Gasteiger partial charge on any atom is 0.306 e. The van der Waals surface area contributed by atoms with Gasteiger partial charge in [0.05, 0.1) is 18.5 Å². The zero-order chi connectivity index (χ0) is 38.2. The van der Waals surface area contributed by atoms with E-state index in [-0.39, 0.29) is 36.0 Å². The van der Waals surface area contributed by atoms with Crippen LogP contribution in [0.5, 0.6) is 0 Å². The summed E-state index contributed by atoms with van der Waals surface area (Å²) < 4.78 is 11.3. The van der Waals surface area contributed by atoms with Gasteiger partial charge < -0.3 is 19.3 Å². The number of likely N-dealkylation sites (N-methyl/N-ethyl adjacent to an activating group) is 2. The lowest BCUT2D eigenvalue weighted by Gasteiger charge is -2.28. The minimum absolute atomic E-state index is 0.110. The molecule has 5 heterocycles. The van der Waals surface area contributed by atoms with Crippen LogP contribution in [-0.2, 0) is 45.4 Å². The smallest absolute Gasteiger partial charge is 0.306 e. The fourth-order valence-electron chi connectivity index (χ4n) is 7.40. The Morgan fingerprint density at radius 1 is 0.774 bits per heavy atom. The molecule has 0 amide bonds. The second-order valence-corrected chi connectivity index (χ2v) is 17.1. The number of ether oxygens (including phenoxy) is 2. The first-order valence-corrected chi connectivity index (χ1v) is 19.4. The minimum Gasteiger partial charge on any atom is -0.461 e. The van der Waals surface area contributed by atoms with Crippen LogP contribution < -0.4 is 9.80 Å². The minimum atomic E-state index is -0.180. The first-order chi connectivity index (χ1) is 25.2. The number of hydrogen-bond donors (Lipinski definition) is 1. The number of pyridine rings is 2. The standard InChI is InChI=1S/C41H62N8O4/c1-9-46(34-15-19-48(26-34)38-30(13-11-17-42-38)28-52-36(50)22-40(3,4)5)24-32-21-33(45-44-32)25-47(10-2)35-16-20-49(27-35)39-31(14-12-18-43-39)29-53-37(51)23-41(6,7)8/h11-14,17-18,21,34-35H,9-10,15-16,19-20,22-29H2,1-8H3,(H,44,45)/t34-,35-/m1/s1. The molecule has 12 nitrogen and oxygen atoms in total. The summed E-state index contributed by atoms with van der Waals surface area (Å²) in [4.78, 5) is 43.9. The Labute approximate surface area is 316 Å². The molecule has 3 aromatic rings. The number of carbonyl (C=O) groups is 2. The SMILES string of the molecule is CCN(Cc1cc(CN(CC)[C@@H]2CCN(c3ncccc3COC(=O)CC(C)(C)C)C2)[nH]n1)[C@@H]1CCN(c2ncccc2COC(=O)CC(C)(C)C)C1. The van der Waals surface area contributed by atoms with Gasteiger partial charge in [0, 0.05) is 80.6 Å². The highest BCUT2D eigenvalue weighted by Crippen LogP contribution is 2.29. The average molecular weight is 731 g/mol. The van der Waals surface area contributed by atoms with Crippen LogP contribution in [0.15, 0.2) is 42.7 Å². The highest BCUT2D eigenvalue weighted by Gasteiger charge is 2.32. The van der Waals surface area contributed by atoms with Gasteiger partial charge in [-0.25, -0.2) is 9.97 Å². The Morgan fingerprint density at radius 2 is 1.25 bits per heavy atom. The monoisotopic (exact) mass is 730 g/mol. The molecule has 0 unspecified atom stereocenters. The van der Waals surface area contributed by atoms with Gasteiger partial charge in [-0.2, -0.15) is 5.10 Å². The molecule has 2 aliphatic rings. The molecule has 290 valence electrons. The lowest BCUT2D eigenvalue weighted by Crippen LogP contribution is -2.37. The summed E-state index contributed by atoms with van der Waals surface area (Å²) in [6.07, 6.45) is 6.48. The molecule has 0 aromatic carbocycles. The summed E-state index contributed by atoms with van der Waals surface area (Å²) in [6, 6.07) is 10.8. The summed E-state index contributed by atoms with van der Waals surface area (Å²) in [6.45, 7) is 24.1. The number of hydrogen-bond acceptors (Lipinski definition) is 11. The predicted octanol–water partition coefficient (Wildman–Crippen LogP) is 6.36. The third-order valence-corrected chi connectivity index (χ3v) is 10.1. The summed E-state index contributed by atoms with van der Waals surface area (Å²) in [5.41, 5.74) is 3.84. The topological polar surface area (TPSA) is 120 Å². The van der Waals surface area contributed by atoms with Crippen LogP contribution in [0, 0.1) is 10.8 Å². The van der Waals surface area contributed by atoms with Crippen molar-refractivity contribution >= 4 is 23.6 Å². The molecular formula is C41H62N8O4. The Kier molecular flexibility index (Phi) is 13.5. The number of aromatic amines is 1. The van der Waals surface area contributed by atoms with E-state index in [1.54, 1.807) is 0 Å². The zero-order valence-corrected chi connectivity index (χ0v) is 33.4. The Morgan fingerprint density at radius 3 is 1.70 bits per heavy atom. The second-order valence-electron chi connectivity index (χ2n) is 17.1. The molecule has 0 bridgehead atoms. The van der Waals surface area contributed by atoms with E-state index in [0.29, 0.717) is 24.9 Å². The van der Waals surface area contributed by atoms with Gasteiger partial charge in [-0.1, -0.05) is 67.5 Å². The first kappa shape index (κ1) is 40.2. The number of esters is 2. The number of nitrogens with zero attached hydrogens (tertiary/aromatic N) is 7. The molecule has 5 rings (SSSR count). The van der Waals surface area contributed by atoms with Crippen LogP contribution in [0.1, 0.15) is 104 Å². The lowest BCUT2D eigenvalue weighted by atomic mass is 9.92.